The lowest BCUT2D eigenvalue weighted by Gasteiger charge is -2.19. The highest BCUT2D eigenvalue weighted by atomic mass is 32.2. The molecule has 1 heterocycles. The number of amides is 1. The molecule has 7 nitrogen and oxygen atoms in total. The predicted octanol–water partition coefficient (Wildman–Crippen LogP) is 4.36. The van der Waals surface area contributed by atoms with E-state index in [4.69, 9.17) is 4.74 Å². The lowest BCUT2D eigenvalue weighted by Crippen LogP contribution is -2.32. The molecule has 1 aromatic heterocycles. The molecule has 0 aliphatic carbocycles. The molecular formula is C21H23N3O4S2. The number of carbonyl (C=O) groups excluding carboxylic acids is 1. The Morgan fingerprint density at radius 2 is 1.90 bits per heavy atom. The molecule has 0 radical (unpaired) electrons. The summed E-state index contributed by atoms with van der Waals surface area (Å²) in [5.41, 5.74) is 2.49. The molecule has 30 heavy (non-hydrogen) atoms. The largest absolute Gasteiger partial charge is 0.480 e. The first-order valence-electron chi connectivity index (χ1n) is 9.35. The molecule has 2 N–H and O–H groups in total. The number of carbonyl (C=O) groups is 1. The van der Waals surface area contributed by atoms with Crippen LogP contribution in [0.2, 0.25) is 0 Å². The predicted molar refractivity (Wildman–Crippen MR) is 119 cm³/mol. The number of thiazole rings is 1. The highest BCUT2D eigenvalue weighted by Gasteiger charge is 2.20. The average molecular weight is 446 g/mol. The number of rotatable bonds is 8. The maximum absolute atomic E-state index is 12.7. The molecule has 1 atom stereocenters. The van der Waals surface area contributed by atoms with Gasteiger partial charge >= 0.3 is 0 Å². The van der Waals surface area contributed by atoms with Crippen LogP contribution in [0.1, 0.15) is 24.5 Å². The Morgan fingerprint density at radius 1 is 1.17 bits per heavy atom. The summed E-state index contributed by atoms with van der Waals surface area (Å²) in [7, 11) is -3.74. The normalized spacial score (nSPS) is 12.2. The third-order valence-corrected chi connectivity index (χ3v) is 6.53. The first-order chi connectivity index (χ1) is 14.3. The zero-order valence-electron chi connectivity index (χ0n) is 16.9. The van der Waals surface area contributed by atoms with Gasteiger partial charge in [0.25, 0.3) is 15.9 Å². The van der Waals surface area contributed by atoms with E-state index in [2.05, 4.69) is 15.0 Å². The van der Waals surface area contributed by atoms with Crippen LogP contribution >= 0.6 is 11.3 Å². The molecule has 9 heteroatoms. The van der Waals surface area contributed by atoms with Crippen molar-refractivity contribution >= 4 is 38.1 Å². The van der Waals surface area contributed by atoms with E-state index in [1.54, 1.807) is 17.5 Å². The van der Waals surface area contributed by atoms with Crippen molar-refractivity contribution in [1.82, 2.24) is 4.98 Å². The average Bonchev–Trinajstić information content (AvgIpc) is 3.21. The van der Waals surface area contributed by atoms with Crippen molar-refractivity contribution in [2.45, 2.75) is 38.2 Å². The van der Waals surface area contributed by atoms with Gasteiger partial charge < -0.3 is 10.1 Å². The highest BCUT2D eigenvalue weighted by molar-refractivity contribution is 7.93. The van der Waals surface area contributed by atoms with Crippen LogP contribution in [0.3, 0.4) is 0 Å². The third kappa shape index (κ3) is 5.37. The van der Waals surface area contributed by atoms with E-state index in [1.807, 2.05) is 39.0 Å². The lowest BCUT2D eigenvalue weighted by atomic mass is 10.1. The van der Waals surface area contributed by atoms with Gasteiger partial charge in [-0.2, -0.15) is 0 Å². The molecule has 0 bridgehead atoms. The summed E-state index contributed by atoms with van der Waals surface area (Å²) in [5, 5.41) is 4.76. The highest BCUT2D eigenvalue weighted by Crippen LogP contribution is 2.23. The fraction of sp³-hybridized carbons (Fsp3) is 0.238. The van der Waals surface area contributed by atoms with Gasteiger partial charge in [0.2, 0.25) is 0 Å². The van der Waals surface area contributed by atoms with Gasteiger partial charge in [-0.25, -0.2) is 13.4 Å². The van der Waals surface area contributed by atoms with Crippen LogP contribution in [0.15, 0.2) is 58.9 Å². The second kappa shape index (κ2) is 9.27. The van der Waals surface area contributed by atoms with Crippen molar-refractivity contribution in [3.8, 4) is 5.75 Å². The number of aryl methyl sites for hydroxylation is 2. The summed E-state index contributed by atoms with van der Waals surface area (Å²) in [5.74, 6) is 0.377. The Balaban J connectivity index is 1.67. The summed E-state index contributed by atoms with van der Waals surface area (Å²) >= 11 is 1.19. The maximum atomic E-state index is 12.7. The molecule has 0 saturated carbocycles. The van der Waals surface area contributed by atoms with Gasteiger partial charge in [0, 0.05) is 17.3 Å². The molecule has 0 unspecified atom stereocenters. The second-order valence-electron chi connectivity index (χ2n) is 6.74. The van der Waals surface area contributed by atoms with Gasteiger partial charge in [0.15, 0.2) is 11.2 Å². The number of hydrogen-bond donors (Lipinski definition) is 2. The quantitative estimate of drug-likeness (QED) is 0.537. The van der Waals surface area contributed by atoms with Crippen molar-refractivity contribution in [1.29, 1.82) is 0 Å². The van der Waals surface area contributed by atoms with E-state index >= 15 is 0 Å². The van der Waals surface area contributed by atoms with Crippen LogP contribution in [0, 0.1) is 13.8 Å². The molecule has 3 rings (SSSR count). The summed E-state index contributed by atoms with van der Waals surface area (Å²) < 4.78 is 33.1. The molecule has 1 amide bonds. The fourth-order valence-corrected chi connectivity index (χ4v) is 4.49. The zero-order valence-corrected chi connectivity index (χ0v) is 18.5. The Morgan fingerprint density at radius 3 is 2.53 bits per heavy atom. The number of sulfonamides is 1. The maximum Gasteiger partial charge on any atom is 0.265 e. The van der Waals surface area contributed by atoms with Gasteiger partial charge in [-0.05, 0) is 61.7 Å². The first-order valence-corrected chi connectivity index (χ1v) is 11.7. The molecular weight excluding hydrogens is 422 g/mol. The number of nitrogens with one attached hydrogen (secondary N) is 2. The monoisotopic (exact) mass is 445 g/mol. The Kier molecular flexibility index (Phi) is 6.73. The minimum atomic E-state index is -3.74. The lowest BCUT2D eigenvalue weighted by molar-refractivity contribution is -0.122. The smallest absolute Gasteiger partial charge is 0.265 e. The summed E-state index contributed by atoms with van der Waals surface area (Å²) in [4.78, 5) is 16.7. The van der Waals surface area contributed by atoms with Gasteiger partial charge in [0.05, 0.1) is 4.90 Å². The summed E-state index contributed by atoms with van der Waals surface area (Å²) in [6, 6.07) is 11.8. The molecule has 158 valence electrons. The number of hydrogen-bond acceptors (Lipinski definition) is 6. The number of anilines is 2. The molecule has 2 aromatic carbocycles. The van der Waals surface area contributed by atoms with E-state index in [9.17, 15) is 13.2 Å². The molecule has 0 spiro atoms. The van der Waals surface area contributed by atoms with Crippen LogP contribution in [0.5, 0.6) is 5.75 Å². The molecule has 0 fully saturated rings. The van der Waals surface area contributed by atoms with Crippen LogP contribution in [-0.2, 0) is 14.8 Å². The zero-order chi connectivity index (χ0) is 21.7. The molecule has 0 saturated heterocycles. The van der Waals surface area contributed by atoms with E-state index < -0.39 is 16.1 Å². The van der Waals surface area contributed by atoms with Gasteiger partial charge in [-0.3, -0.25) is 9.52 Å². The van der Waals surface area contributed by atoms with Crippen LogP contribution in [-0.4, -0.2) is 25.4 Å². The van der Waals surface area contributed by atoms with Crippen molar-refractivity contribution in [3.63, 3.8) is 0 Å². The number of ether oxygens (including phenoxy) is 1. The van der Waals surface area contributed by atoms with Crippen LogP contribution in [0.25, 0.3) is 0 Å². The second-order valence-corrected chi connectivity index (χ2v) is 9.32. The number of benzene rings is 2. The van der Waals surface area contributed by atoms with E-state index in [0.29, 0.717) is 23.0 Å². The first kappa shape index (κ1) is 21.8. The third-order valence-electron chi connectivity index (χ3n) is 4.36. The topological polar surface area (TPSA) is 97.4 Å². The Hall–Kier alpha value is -2.91. The van der Waals surface area contributed by atoms with Crippen LogP contribution < -0.4 is 14.8 Å². The van der Waals surface area contributed by atoms with Crippen LogP contribution in [0.4, 0.5) is 10.8 Å². The number of nitrogens with zero attached hydrogens (tertiary/aromatic N) is 1. The number of aromatic nitrogens is 1. The minimum absolute atomic E-state index is 0.0781. The van der Waals surface area contributed by atoms with Crippen molar-refractivity contribution in [2.24, 2.45) is 0 Å². The van der Waals surface area contributed by atoms with Crippen molar-refractivity contribution in [3.05, 3.63) is 65.2 Å². The fourth-order valence-electron chi connectivity index (χ4n) is 2.70. The van der Waals surface area contributed by atoms with Crippen molar-refractivity contribution < 1.29 is 17.9 Å². The van der Waals surface area contributed by atoms with E-state index in [-0.39, 0.29) is 10.8 Å². The Labute approximate surface area is 180 Å². The SMILES string of the molecule is CC[C@@H](Oc1cc(C)ccc1C)C(=O)Nc1ccc(S(=O)(=O)Nc2nccs2)cc1. The molecule has 3 aromatic rings. The Bertz CT molecular complexity index is 1110. The van der Waals surface area contributed by atoms with Gasteiger partial charge in [0.1, 0.15) is 5.75 Å². The van der Waals surface area contributed by atoms with Crippen molar-refractivity contribution in [2.75, 3.05) is 10.0 Å². The summed E-state index contributed by atoms with van der Waals surface area (Å²) in [6.45, 7) is 5.76. The van der Waals surface area contributed by atoms with E-state index in [0.717, 1.165) is 11.1 Å². The minimum Gasteiger partial charge on any atom is -0.480 e. The standard InChI is InChI=1S/C21H23N3O4S2/c1-4-18(28-19-13-14(2)5-6-15(19)3)20(25)23-16-7-9-17(10-8-16)30(26,27)24-21-22-11-12-29-21/h5-13,18H,4H2,1-3H3,(H,22,24)(H,23,25)/t18-/m1/s1. The van der Waals surface area contributed by atoms with Gasteiger partial charge in [-0.1, -0.05) is 19.1 Å². The molecule has 0 aliphatic heterocycles. The van der Waals surface area contributed by atoms with E-state index in [1.165, 1.54) is 29.7 Å². The molecule has 0 aliphatic rings. The summed E-state index contributed by atoms with van der Waals surface area (Å²) in [6.07, 6.45) is 1.34. The van der Waals surface area contributed by atoms with Gasteiger partial charge in [-0.15, -0.1) is 11.3 Å².